The molecular weight excluding hydrogens is 348 g/mol. The Kier molecular flexibility index (Phi) is 4.82. The van der Waals surface area contributed by atoms with Crippen molar-refractivity contribution in [3.63, 3.8) is 0 Å². The minimum atomic E-state index is -3.49. The lowest BCUT2D eigenvalue weighted by atomic mass is 9.84. The second-order valence-electron chi connectivity index (χ2n) is 8.24. The van der Waals surface area contributed by atoms with Crippen LogP contribution in [0.3, 0.4) is 0 Å². The smallest absolute Gasteiger partial charge is 0.251 e. The van der Waals surface area contributed by atoms with E-state index < -0.39 is 10.0 Å². The Morgan fingerprint density at radius 2 is 1.96 bits per heavy atom. The van der Waals surface area contributed by atoms with Crippen LogP contribution in [0.25, 0.3) is 0 Å². The van der Waals surface area contributed by atoms with Crippen LogP contribution in [0.2, 0.25) is 0 Å². The highest BCUT2D eigenvalue weighted by Crippen LogP contribution is 2.49. The summed E-state index contributed by atoms with van der Waals surface area (Å²) >= 11 is 0. The third kappa shape index (κ3) is 3.29. The summed E-state index contributed by atoms with van der Waals surface area (Å²) in [4.78, 5) is 12.9. The van der Waals surface area contributed by atoms with E-state index in [1.807, 2.05) is 0 Å². The van der Waals surface area contributed by atoms with Gasteiger partial charge in [-0.3, -0.25) is 4.79 Å². The molecule has 4 atom stereocenters. The van der Waals surface area contributed by atoms with Gasteiger partial charge in [-0.1, -0.05) is 12.5 Å². The molecule has 0 spiro atoms. The molecule has 0 radical (unpaired) electrons. The number of hydrogen-bond donors (Lipinski definition) is 1. The molecule has 1 heterocycles. The normalized spacial score (nSPS) is 29.8. The maximum Gasteiger partial charge on any atom is 0.251 e. The van der Waals surface area contributed by atoms with E-state index in [2.05, 4.69) is 12.2 Å². The van der Waals surface area contributed by atoms with E-state index in [0.29, 0.717) is 24.6 Å². The molecule has 0 aromatic heterocycles. The zero-order chi connectivity index (χ0) is 18.3. The number of fused-ring (bicyclic) bond motifs is 2. The van der Waals surface area contributed by atoms with Crippen LogP contribution in [-0.4, -0.2) is 37.8 Å². The number of hydrogen-bond acceptors (Lipinski definition) is 3. The van der Waals surface area contributed by atoms with Crippen LogP contribution in [0.5, 0.6) is 0 Å². The summed E-state index contributed by atoms with van der Waals surface area (Å²) in [7, 11) is -3.49. The van der Waals surface area contributed by atoms with Crippen molar-refractivity contribution in [1.29, 1.82) is 0 Å². The zero-order valence-electron chi connectivity index (χ0n) is 15.4. The maximum atomic E-state index is 12.7. The topological polar surface area (TPSA) is 66.5 Å². The highest BCUT2D eigenvalue weighted by molar-refractivity contribution is 7.89. The Morgan fingerprint density at radius 1 is 1.19 bits per heavy atom. The fraction of sp³-hybridized carbons (Fsp3) is 0.650. The van der Waals surface area contributed by atoms with E-state index in [4.69, 9.17) is 0 Å². The minimum absolute atomic E-state index is 0.136. The number of carbonyl (C=O) groups excluding carboxylic acids is 1. The first-order valence-electron chi connectivity index (χ1n) is 9.86. The molecule has 1 aliphatic heterocycles. The number of sulfonamides is 1. The van der Waals surface area contributed by atoms with E-state index >= 15 is 0 Å². The number of rotatable bonds is 5. The van der Waals surface area contributed by atoms with Crippen LogP contribution < -0.4 is 5.32 Å². The van der Waals surface area contributed by atoms with Crippen molar-refractivity contribution < 1.29 is 13.2 Å². The van der Waals surface area contributed by atoms with E-state index in [1.165, 1.54) is 36.1 Å². The number of nitrogens with zero attached hydrogens (tertiary/aromatic N) is 1. The Bertz CT molecular complexity index is 786. The molecule has 1 saturated heterocycles. The van der Waals surface area contributed by atoms with Gasteiger partial charge in [0.05, 0.1) is 4.90 Å². The van der Waals surface area contributed by atoms with Gasteiger partial charge in [0, 0.05) is 24.7 Å². The summed E-state index contributed by atoms with van der Waals surface area (Å²) in [5.41, 5.74) is 0.431. The van der Waals surface area contributed by atoms with Gasteiger partial charge in [0.1, 0.15) is 0 Å². The number of nitrogens with one attached hydrogen (secondary N) is 1. The maximum absolute atomic E-state index is 12.7. The van der Waals surface area contributed by atoms with Gasteiger partial charge >= 0.3 is 0 Å². The van der Waals surface area contributed by atoms with Gasteiger partial charge < -0.3 is 5.32 Å². The molecule has 1 aromatic carbocycles. The minimum Gasteiger partial charge on any atom is -0.349 e. The van der Waals surface area contributed by atoms with Gasteiger partial charge in [0.2, 0.25) is 10.0 Å². The molecule has 1 N–H and O–H groups in total. The van der Waals surface area contributed by atoms with Crippen molar-refractivity contribution in [2.45, 2.75) is 56.4 Å². The summed E-state index contributed by atoms with van der Waals surface area (Å²) in [6, 6.07) is 6.61. The first-order valence-corrected chi connectivity index (χ1v) is 11.3. The Balaban J connectivity index is 1.46. The van der Waals surface area contributed by atoms with Gasteiger partial charge in [-0.05, 0) is 75.0 Å². The fourth-order valence-corrected chi connectivity index (χ4v) is 6.74. The van der Waals surface area contributed by atoms with Crippen LogP contribution in [0.4, 0.5) is 0 Å². The molecule has 26 heavy (non-hydrogen) atoms. The Hall–Kier alpha value is -1.40. The molecule has 4 rings (SSSR count). The second-order valence-corrected chi connectivity index (χ2v) is 10.2. The molecule has 6 heteroatoms. The van der Waals surface area contributed by atoms with E-state index in [-0.39, 0.29) is 16.8 Å². The largest absolute Gasteiger partial charge is 0.349 e. The van der Waals surface area contributed by atoms with Gasteiger partial charge in [-0.15, -0.1) is 0 Å². The van der Waals surface area contributed by atoms with Gasteiger partial charge in [0.25, 0.3) is 5.91 Å². The molecule has 5 nitrogen and oxygen atoms in total. The third-order valence-corrected chi connectivity index (χ3v) is 8.49. The summed E-state index contributed by atoms with van der Waals surface area (Å²) in [6.45, 7) is 3.23. The first kappa shape index (κ1) is 18.0. The van der Waals surface area contributed by atoms with E-state index in [0.717, 1.165) is 24.7 Å². The molecule has 3 fully saturated rings. The SMILES string of the molecule is C[C@H](NC(=O)c1cccc(S(=O)(=O)N2CCCC2)c1)[C@@H]1C[C@H]2CC[C@H]1C2. The molecule has 142 valence electrons. The molecule has 1 amide bonds. The van der Waals surface area contributed by atoms with Crippen LogP contribution in [0.1, 0.15) is 55.8 Å². The van der Waals surface area contributed by atoms with Crippen molar-refractivity contribution in [3.05, 3.63) is 29.8 Å². The molecule has 2 bridgehead atoms. The quantitative estimate of drug-likeness (QED) is 0.859. The molecule has 0 unspecified atom stereocenters. The average Bonchev–Trinajstić information content (AvgIpc) is 3.39. The Morgan fingerprint density at radius 3 is 2.62 bits per heavy atom. The predicted molar refractivity (Wildman–Crippen MR) is 100 cm³/mol. The molecular formula is C20H28N2O3S. The van der Waals surface area contributed by atoms with Crippen molar-refractivity contribution in [2.24, 2.45) is 17.8 Å². The van der Waals surface area contributed by atoms with Gasteiger partial charge in [0.15, 0.2) is 0 Å². The third-order valence-electron chi connectivity index (χ3n) is 6.59. The van der Waals surface area contributed by atoms with Gasteiger partial charge in [-0.2, -0.15) is 4.31 Å². The summed E-state index contributed by atoms with van der Waals surface area (Å²) in [5.74, 6) is 1.99. The summed E-state index contributed by atoms with van der Waals surface area (Å²) < 4.78 is 27.0. The Labute approximate surface area is 156 Å². The van der Waals surface area contributed by atoms with Crippen LogP contribution in [0.15, 0.2) is 29.2 Å². The van der Waals surface area contributed by atoms with Crippen LogP contribution >= 0.6 is 0 Å². The lowest BCUT2D eigenvalue weighted by Crippen LogP contribution is -2.40. The molecule has 1 aromatic rings. The van der Waals surface area contributed by atoms with Crippen molar-refractivity contribution >= 4 is 15.9 Å². The highest BCUT2D eigenvalue weighted by Gasteiger charge is 2.42. The molecule has 2 aliphatic carbocycles. The predicted octanol–water partition coefficient (Wildman–Crippen LogP) is 3.03. The van der Waals surface area contributed by atoms with Gasteiger partial charge in [-0.25, -0.2) is 8.42 Å². The monoisotopic (exact) mass is 376 g/mol. The van der Waals surface area contributed by atoms with Crippen LogP contribution in [0, 0.1) is 17.8 Å². The second kappa shape index (κ2) is 6.97. The zero-order valence-corrected chi connectivity index (χ0v) is 16.2. The fourth-order valence-electron chi connectivity index (χ4n) is 5.18. The highest BCUT2D eigenvalue weighted by atomic mass is 32.2. The number of amides is 1. The standard InChI is InChI=1S/C20H28N2O3S/c1-14(19-12-15-7-8-16(19)11-15)21-20(23)17-5-4-6-18(13-17)26(24,25)22-9-2-3-10-22/h4-6,13-16,19H,2-3,7-12H2,1H3,(H,21,23)/t14-,15-,16-,19-/m0/s1. The molecule has 3 aliphatic rings. The lowest BCUT2D eigenvalue weighted by molar-refractivity contribution is 0.0915. The summed E-state index contributed by atoms with van der Waals surface area (Å²) in [6.07, 6.45) is 6.97. The summed E-state index contributed by atoms with van der Waals surface area (Å²) in [5, 5.41) is 3.12. The van der Waals surface area contributed by atoms with E-state index in [1.54, 1.807) is 18.2 Å². The molecule has 2 saturated carbocycles. The van der Waals surface area contributed by atoms with Crippen molar-refractivity contribution in [2.75, 3.05) is 13.1 Å². The number of benzene rings is 1. The van der Waals surface area contributed by atoms with E-state index in [9.17, 15) is 13.2 Å². The number of carbonyl (C=O) groups is 1. The average molecular weight is 377 g/mol. The first-order chi connectivity index (χ1) is 12.4. The van der Waals surface area contributed by atoms with Crippen molar-refractivity contribution in [3.8, 4) is 0 Å². The van der Waals surface area contributed by atoms with Crippen LogP contribution in [-0.2, 0) is 10.0 Å². The van der Waals surface area contributed by atoms with Crippen molar-refractivity contribution in [1.82, 2.24) is 9.62 Å². The lowest BCUT2D eigenvalue weighted by Gasteiger charge is -2.28.